The summed E-state index contributed by atoms with van der Waals surface area (Å²) in [6, 6.07) is 2.91. The smallest absolute Gasteiger partial charge is 0.235 e. The molecule has 0 radical (unpaired) electrons. The second-order valence-corrected chi connectivity index (χ2v) is 5.84. The lowest BCUT2D eigenvalue weighted by atomic mass is 10.3. The molecular formula is C9H9ClFNO3S. The van der Waals surface area contributed by atoms with Crippen LogP contribution in [-0.2, 0) is 14.6 Å². The molecule has 1 aromatic rings. The fourth-order valence-corrected chi connectivity index (χ4v) is 2.51. The molecule has 2 N–H and O–H groups in total. The zero-order valence-corrected chi connectivity index (χ0v) is 9.85. The highest BCUT2D eigenvalue weighted by atomic mass is 35.5. The molecular weight excluding hydrogens is 257 g/mol. The molecule has 1 unspecified atom stereocenters. The van der Waals surface area contributed by atoms with Crippen molar-refractivity contribution < 1.29 is 17.6 Å². The number of hydrogen-bond donors (Lipinski definition) is 1. The van der Waals surface area contributed by atoms with Crippen molar-refractivity contribution in [3.05, 3.63) is 29.0 Å². The molecule has 7 heteroatoms. The molecule has 0 fully saturated rings. The van der Waals surface area contributed by atoms with Crippen LogP contribution in [0.4, 0.5) is 4.39 Å². The first kappa shape index (κ1) is 12.9. The van der Waals surface area contributed by atoms with E-state index in [1.807, 2.05) is 0 Å². The van der Waals surface area contributed by atoms with Gasteiger partial charge in [-0.05, 0) is 25.1 Å². The normalized spacial score (nSPS) is 13.4. The minimum Gasteiger partial charge on any atom is -0.369 e. The van der Waals surface area contributed by atoms with Crippen LogP contribution in [0.15, 0.2) is 23.1 Å². The molecule has 0 saturated carbocycles. The average Bonchev–Trinajstić information content (AvgIpc) is 2.20. The lowest BCUT2D eigenvalue weighted by Gasteiger charge is -2.09. The van der Waals surface area contributed by atoms with Crippen LogP contribution in [-0.4, -0.2) is 19.6 Å². The number of nitrogens with two attached hydrogens (primary N) is 1. The second kappa shape index (κ2) is 4.39. The summed E-state index contributed by atoms with van der Waals surface area (Å²) in [5, 5.41) is -1.70. The number of primary amides is 1. The van der Waals surface area contributed by atoms with Crippen LogP contribution >= 0.6 is 11.6 Å². The second-order valence-electron chi connectivity index (χ2n) is 3.17. The summed E-state index contributed by atoms with van der Waals surface area (Å²) in [6.07, 6.45) is 0. The lowest BCUT2D eigenvalue weighted by Crippen LogP contribution is -2.33. The third-order valence-electron chi connectivity index (χ3n) is 2.09. The van der Waals surface area contributed by atoms with Crippen LogP contribution in [0, 0.1) is 5.82 Å². The lowest BCUT2D eigenvalue weighted by molar-refractivity contribution is -0.117. The number of hydrogen-bond acceptors (Lipinski definition) is 3. The molecule has 16 heavy (non-hydrogen) atoms. The Morgan fingerprint density at radius 2 is 2.06 bits per heavy atom. The Morgan fingerprint density at radius 1 is 1.50 bits per heavy atom. The fourth-order valence-electron chi connectivity index (χ4n) is 1.01. The van der Waals surface area contributed by atoms with E-state index in [0.29, 0.717) is 0 Å². The summed E-state index contributed by atoms with van der Waals surface area (Å²) in [5.74, 6) is -1.70. The van der Waals surface area contributed by atoms with E-state index in [1.165, 1.54) is 0 Å². The molecule has 1 rings (SSSR count). The van der Waals surface area contributed by atoms with Gasteiger partial charge in [-0.1, -0.05) is 11.6 Å². The van der Waals surface area contributed by atoms with Crippen LogP contribution in [0.1, 0.15) is 6.92 Å². The first-order valence-corrected chi connectivity index (χ1v) is 6.17. The van der Waals surface area contributed by atoms with Crippen molar-refractivity contribution >= 4 is 27.3 Å². The van der Waals surface area contributed by atoms with Gasteiger partial charge < -0.3 is 5.73 Å². The fraction of sp³-hybridized carbons (Fsp3) is 0.222. The topological polar surface area (TPSA) is 77.2 Å². The summed E-state index contributed by atoms with van der Waals surface area (Å²) in [6.45, 7) is 1.16. The van der Waals surface area contributed by atoms with Crippen molar-refractivity contribution in [2.24, 2.45) is 5.73 Å². The third-order valence-corrected chi connectivity index (χ3v) is 4.45. The molecule has 1 atom stereocenters. The molecule has 4 nitrogen and oxygen atoms in total. The van der Waals surface area contributed by atoms with Gasteiger partial charge in [-0.3, -0.25) is 4.79 Å². The van der Waals surface area contributed by atoms with E-state index in [0.717, 1.165) is 25.1 Å². The highest BCUT2D eigenvalue weighted by Crippen LogP contribution is 2.22. The van der Waals surface area contributed by atoms with Gasteiger partial charge in [0.05, 0.1) is 9.92 Å². The minimum atomic E-state index is -3.90. The molecule has 0 aromatic heterocycles. The van der Waals surface area contributed by atoms with Crippen LogP contribution in [0.5, 0.6) is 0 Å². The third kappa shape index (κ3) is 2.33. The predicted octanol–water partition coefficient (Wildman–Crippen LogP) is 1.13. The standard InChI is InChI=1S/C9H9ClFNO3S/c1-5(9(12)13)16(14,15)6-2-3-8(11)7(10)4-6/h2-5H,1H3,(H2,12,13). The molecule has 88 valence electrons. The molecule has 0 aliphatic rings. The van der Waals surface area contributed by atoms with Crippen molar-refractivity contribution in [1.29, 1.82) is 0 Å². The highest BCUT2D eigenvalue weighted by molar-refractivity contribution is 7.92. The number of amides is 1. The number of benzene rings is 1. The molecule has 0 spiro atoms. The van der Waals surface area contributed by atoms with Gasteiger partial charge in [-0.25, -0.2) is 12.8 Å². The monoisotopic (exact) mass is 265 g/mol. The van der Waals surface area contributed by atoms with Crippen molar-refractivity contribution in [3.63, 3.8) is 0 Å². The Labute approximate surface area is 97.1 Å². The van der Waals surface area contributed by atoms with E-state index in [9.17, 15) is 17.6 Å². The van der Waals surface area contributed by atoms with Crippen molar-refractivity contribution in [2.75, 3.05) is 0 Å². The Balaban J connectivity index is 3.28. The molecule has 0 bridgehead atoms. The first-order valence-electron chi connectivity index (χ1n) is 4.25. The maximum absolute atomic E-state index is 12.8. The van der Waals surface area contributed by atoms with Gasteiger partial charge in [0.1, 0.15) is 11.1 Å². The molecule has 0 heterocycles. The van der Waals surface area contributed by atoms with Gasteiger partial charge in [0.15, 0.2) is 9.84 Å². The highest BCUT2D eigenvalue weighted by Gasteiger charge is 2.28. The van der Waals surface area contributed by atoms with Crippen molar-refractivity contribution in [1.82, 2.24) is 0 Å². The number of carbonyl (C=O) groups excluding carboxylic acids is 1. The number of carbonyl (C=O) groups is 1. The van der Waals surface area contributed by atoms with E-state index in [2.05, 4.69) is 0 Å². The summed E-state index contributed by atoms with van der Waals surface area (Å²) >= 11 is 5.45. The molecule has 1 amide bonds. The number of sulfone groups is 1. The largest absolute Gasteiger partial charge is 0.369 e. The Hall–Kier alpha value is -1.14. The Bertz CT molecular complexity index is 530. The van der Waals surface area contributed by atoms with Gasteiger partial charge in [0.25, 0.3) is 0 Å². The zero-order chi connectivity index (χ0) is 12.5. The first-order chi connectivity index (χ1) is 7.26. The zero-order valence-electron chi connectivity index (χ0n) is 8.28. The van der Waals surface area contributed by atoms with Gasteiger partial charge in [0, 0.05) is 0 Å². The van der Waals surface area contributed by atoms with Crippen molar-refractivity contribution in [2.45, 2.75) is 17.1 Å². The van der Waals surface area contributed by atoms with Gasteiger partial charge in [0.2, 0.25) is 5.91 Å². The van der Waals surface area contributed by atoms with Gasteiger partial charge in [-0.2, -0.15) is 0 Å². The summed E-state index contributed by atoms with van der Waals surface area (Å²) < 4.78 is 36.3. The molecule has 0 aliphatic heterocycles. The van der Waals surface area contributed by atoms with Crippen LogP contribution < -0.4 is 5.73 Å². The van der Waals surface area contributed by atoms with Crippen molar-refractivity contribution in [3.8, 4) is 0 Å². The SMILES string of the molecule is CC(C(N)=O)S(=O)(=O)c1ccc(F)c(Cl)c1. The number of halogens is 2. The summed E-state index contributed by atoms with van der Waals surface area (Å²) in [5.41, 5.74) is 4.90. The summed E-state index contributed by atoms with van der Waals surface area (Å²) in [4.78, 5) is 10.6. The number of rotatable bonds is 3. The maximum atomic E-state index is 12.8. The van der Waals surface area contributed by atoms with Crippen LogP contribution in [0.3, 0.4) is 0 Å². The molecule has 0 saturated heterocycles. The van der Waals surface area contributed by atoms with E-state index in [1.54, 1.807) is 0 Å². The van der Waals surface area contributed by atoms with Gasteiger partial charge in [-0.15, -0.1) is 0 Å². The van der Waals surface area contributed by atoms with E-state index in [-0.39, 0.29) is 9.92 Å². The molecule has 0 aliphatic carbocycles. The van der Waals surface area contributed by atoms with Crippen LogP contribution in [0.25, 0.3) is 0 Å². The Morgan fingerprint density at radius 3 is 2.50 bits per heavy atom. The maximum Gasteiger partial charge on any atom is 0.235 e. The predicted molar refractivity (Wildman–Crippen MR) is 57.3 cm³/mol. The average molecular weight is 266 g/mol. The quantitative estimate of drug-likeness (QED) is 0.832. The summed E-state index contributed by atoms with van der Waals surface area (Å²) in [7, 11) is -3.90. The molecule has 1 aromatic carbocycles. The van der Waals surface area contributed by atoms with E-state index < -0.39 is 26.8 Å². The van der Waals surface area contributed by atoms with Crippen LogP contribution in [0.2, 0.25) is 5.02 Å². The van der Waals surface area contributed by atoms with E-state index in [4.69, 9.17) is 17.3 Å². The Kier molecular flexibility index (Phi) is 3.54. The van der Waals surface area contributed by atoms with Gasteiger partial charge >= 0.3 is 0 Å². The van der Waals surface area contributed by atoms with E-state index >= 15 is 0 Å². The minimum absolute atomic E-state index is 0.231.